The summed E-state index contributed by atoms with van der Waals surface area (Å²) in [6, 6.07) is 11.2. The molecule has 10 heteroatoms. The maximum Gasteiger partial charge on any atom is 0.340 e. The number of aromatic nitrogens is 4. The van der Waals surface area contributed by atoms with Crippen LogP contribution in [-0.4, -0.2) is 38.7 Å². The standard InChI is InChI=1S/C16H11Cl2N5O3/c17-10-5-11(18)7-12(6-10)20-15(24)8-26-16(25)13-3-1-2-4-14(13)23-9-19-21-22-23/h1-7,9H,8H2,(H,20,24). The molecule has 0 fully saturated rings. The largest absolute Gasteiger partial charge is 0.452 e. The molecule has 0 bridgehead atoms. The summed E-state index contributed by atoms with van der Waals surface area (Å²) in [6.45, 7) is -0.479. The van der Waals surface area contributed by atoms with Crippen LogP contribution in [0.5, 0.6) is 0 Å². The molecular weight excluding hydrogens is 381 g/mol. The summed E-state index contributed by atoms with van der Waals surface area (Å²) >= 11 is 11.7. The Hall–Kier alpha value is -2.97. The van der Waals surface area contributed by atoms with Crippen LogP contribution >= 0.6 is 23.2 Å². The fourth-order valence-corrected chi connectivity index (χ4v) is 2.68. The number of anilines is 1. The van der Waals surface area contributed by atoms with Gasteiger partial charge < -0.3 is 10.1 Å². The van der Waals surface area contributed by atoms with Gasteiger partial charge in [-0.25, -0.2) is 4.79 Å². The van der Waals surface area contributed by atoms with Gasteiger partial charge in [-0.05, 0) is 40.8 Å². The van der Waals surface area contributed by atoms with E-state index in [0.29, 0.717) is 21.4 Å². The van der Waals surface area contributed by atoms with E-state index in [4.69, 9.17) is 27.9 Å². The Morgan fingerprint density at radius 3 is 2.54 bits per heavy atom. The van der Waals surface area contributed by atoms with Crippen LogP contribution < -0.4 is 5.32 Å². The first-order valence-electron chi connectivity index (χ1n) is 7.28. The smallest absolute Gasteiger partial charge is 0.340 e. The zero-order chi connectivity index (χ0) is 18.5. The van der Waals surface area contributed by atoms with Crippen LogP contribution in [0, 0.1) is 0 Å². The lowest BCUT2D eigenvalue weighted by atomic mass is 10.2. The number of hydrogen-bond acceptors (Lipinski definition) is 6. The van der Waals surface area contributed by atoms with Crippen molar-refractivity contribution in [3.05, 3.63) is 64.4 Å². The lowest BCUT2D eigenvalue weighted by molar-refractivity contribution is -0.119. The van der Waals surface area contributed by atoms with Crippen molar-refractivity contribution in [1.29, 1.82) is 0 Å². The number of nitrogens with zero attached hydrogens (tertiary/aromatic N) is 4. The lowest BCUT2D eigenvalue weighted by Gasteiger charge is -2.09. The van der Waals surface area contributed by atoms with Crippen molar-refractivity contribution in [2.75, 3.05) is 11.9 Å². The molecule has 0 atom stereocenters. The van der Waals surface area contributed by atoms with Crippen molar-refractivity contribution in [3.8, 4) is 5.69 Å². The van der Waals surface area contributed by atoms with Gasteiger partial charge >= 0.3 is 5.97 Å². The average Bonchev–Trinajstić information content (AvgIpc) is 3.13. The van der Waals surface area contributed by atoms with E-state index < -0.39 is 18.5 Å². The van der Waals surface area contributed by atoms with Crippen LogP contribution in [0.15, 0.2) is 48.8 Å². The molecule has 2 aromatic carbocycles. The first-order chi connectivity index (χ1) is 12.5. The number of ether oxygens (including phenoxy) is 1. The van der Waals surface area contributed by atoms with Gasteiger partial charge in [0.1, 0.15) is 6.33 Å². The Kier molecular flexibility index (Phi) is 5.45. The van der Waals surface area contributed by atoms with E-state index >= 15 is 0 Å². The normalized spacial score (nSPS) is 10.4. The Bertz CT molecular complexity index is 927. The Balaban J connectivity index is 1.65. The molecule has 132 valence electrons. The Morgan fingerprint density at radius 1 is 1.12 bits per heavy atom. The van der Waals surface area contributed by atoms with E-state index in [1.807, 2.05) is 0 Å². The van der Waals surface area contributed by atoms with E-state index in [1.54, 1.807) is 24.3 Å². The molecule has 0 saturated heterocycles. The van der Waals surface area contributed by atoms with Gasteiger partial charge in [-0.15, -0.1) is 5.10 Å². The number of carbonyl (C=O) groups excluding carboxylic acids is 2. The molecule has 0 aliphatic heterocycles. The molecule has 0 aliphatic carbocycles. The minimum atomic E-state index is -0.685. The second kappa shape index (κ2) is 7.94. The molecule has 26 heavy (non-hydrogen) atoms. The summed E-state index contributed by atoms with van der Waals surface area (Å²) in [6.07, 6.45) is 1.35. The predicted molar refractivity (Wildman–Crippen MR) is 94.5 cm³/mol. The molecule has 0 spiro atoms. The van der Waals surface area contributed by atoms with Crippen LogP contribution in [0.25, 0.3) is 5.69 Å². The average molecular weight is 392 g/mol. The van der Waals surface area contributed by atoms with E-state index in [2.05, 4.69) is 20.8 Å². The molecule has 1 amide bonds. The van der Waals surface area contributed by atoms with Crippen LogP contribution in [0.4, 0.5) is 5.69 Å². The first kappa shape index (κ1) is 17.8. The zero-order valence-electron chi connectivity index (χ0n) is 13.1. The third-order valence-corrected chi connectivity index (χ3v) is 3.64. The number of carbonyl (C=O) groups is 2. The van der Waals surface area contributed by atoms with E-state index in [9.17, 15) is 9.59 Å². The van der Waals surface area contributed by atoms with Crippen LogP contribution in [0.2, 0.25) is 10.0 Å². The highest BCUT2D eigenvalue weighted by Crippen LogP contribution is 2.22. The number of rotatable bonds is 5. The molecule has 0 saturated carbocycles. The summed E-state index contributed by atoms with van der Waals surface area (Å²) in [4.78, 5) is 24.3. The predicted octanol–water partition coefficient (Wildman–Crippen LogP) is 2.76. The van der Waals surface area contributed by atoms with E-state index in [0.717, 1.165) is 0 Å². The summed E-state index contributed by atoms with van der Waals surface area (Å²) in [5, 5.41) is 14.1. The summed E-state index contributed by atoms with van der Waals surface area (Å²) in [5.74, 6) is -1.22. The lowest BCUT2D eigenvalue weighted by Crippen LogP contribution is -2.21. The molecule has 3 rings (SSSR count). The van der Waals surface area contributed by atoms with Crippen molar-refractivity contribution in [1.82, 2.24) is 20.2 Å². The van der Waals surface area contributed by atoms with Gasteiger partial charge in [0.25, 0.3) is 5.91 Å². The highest BCUT2D eigenvalue weighted by molar-refractivity contribution is 6.35. The van der Waals surface area contributed by atoms with Crippen molar-refractivity contribution in [2.24, 2.45) is 0 Å². The van der Waals surface area contributed by atoms with Gasteiger partial charge in [-0.2, -0.15) is 4.68 Å². The fourth-order valence-electron chi connectivity index (χ4n) is 2.15. The van der Waals surface area contributed by atoms with Crippen LogP contribution in [0.1, 0.15) is 10.4 Å². The Morgan fingerprint density at radius 2 is 1.85 bits per heavy atom. The van der Waals surface area contributed by atoms with Crippen molar-refractivity contribution in [2.45, 2.75) is 0 Å². The minimum Gasteiger partial charge on any atom is -0.452 e. The second-order valence-electron chi connectivity index (χ2n) is 5.05. The van der Waals surface area contributed by atoms with Crippen molar-refractivity contribution in [3.63, 3.8) is 0 Å². The molecular formula is C16H11Cl2N5O3. The third kappa shape index (κ3) is 4.35. The van der Waals surface area contributed by atoms with Gasteiger partial charge in [-0.1, -0.05) is 35.3 Å². The van der Waals surface area contributed by atoms with E-state index in [1.165, 1.54) is 29.2 Å². The van der Waals surface area contributed by atoms with Gasteiger partial charge in [0, 0.05) is 15.7 Å². The number of benzene rings is 2. The molecule has 8 nitrogen and oxygen atoms in total. The highest BCUT2D eigenvalue weighted by atomic mass is 35.5. The monoisotopic (exact) mass is 391 g/mol. The number of tetrazole rings is 1. The molecule has 1 heterocycles. The quantitative estimate of drug-likeness (QED) is 0.671. The van der Waals surface area contributed by atoms with Crippen molar-refractivity contribution < 1.29 is 14.3 Å². The molecule has 0 unspecified atom stereocenters. The molecule has 1 N–H and O–H groups in total. The number of esters is 1. The topological polar surface area (TPSA) is 99.0 Å². The molecule has 1 aromatic heterocycles. The maximum absolute atomic E-state index is 12.3. The van der Waals surface area contributed by atoms with E-state index in [-0.39, 0.29) is 5.56 Å². The summed E-state index contributed by atoms with van der Waals surface area (Å²) in [7, 11) is 0. The van der Waals surface area contributed by atoms with Gasteiger partial charge in [0.2, 0.25) is 0 Å². The summed E-state index contributed by atoms with van der Waals surface area (Å²) < 4.78 is 6.39. The number of hydrogen-bond donors (Lipinski definition) is 1. The Labute approximate surface area is 157 Å². The fraction of sp³-hybridized carbons (Fsp3) is 0.0625. The SMILES string of the molecule is O=C(COC(=O)c1ccccc1-n1cnnn1)Nc1cc(Cl)cc(Cl)c1. The third-order valence-electron chi connectivity index (χ3n) is 3.20. The van der Waals surface area contributed by atoms with Gasteiger partial charge in [0.15, 0.2) is 6.61 Å². The maximum atomic E-state index is 12.3. The number of halogens is 2. The zero-order valence-corrected chi connectivity index (χ0v) is 14.6. The molecule has 0 aliphatic rings. The summed E-state index contributed by atoms with van der Waals surface area (Å²) in [5.41, 5.74) is 1.06. The minimum absolute atomic E-state index is 0.221. The number of para-hydroxylation sites is 1. The molecule has 0 radical (unpaired) electrons. The number of amides is 1. The van der Waals surface area contributed by atoms with Crippen molar-refractivity contribution >= 4 is 40.8 Å². The van der Waals surface area contributed by atoms with Gasteiger partial charge in [-0.3, -0.25) is 4.79 Å². The van der Waals surface area contributed by atoms with Crippen LogP contribution in [-0.2, 0) is 9.53 Å². The van der Waals surface area contributed by atoms with Gasteiger partial charge in [0.05, 0.1) is 11.3 Å². The highest BCUT2D eigenvalue weighted by Gasteiger charge is 2.16. The first-order valence-corrected chi connectivity index (χ1v) is 8.04. The molecule has 3 aromatic rings. The number of nitrogens with one attached hydrogen (secondary N) is 1. The van der Waals surface area contributed by atoms with Crippen LogP contribution in [0.3, 0.4) is 0 Å². The second-order valence-corrected chi connectivity index (χ2v) is 5.93.